The molecule has 1 saturated carbocycles. The summed E-state index contributed by atoms with van der Waals surface area (Å²) < 4.78 is 7.59. The molecular weight excluding hydrogens is 276 g/mol. The van der Waals surface area contributed by atoms with Gasteiger partial charge in [-0.1, -0.05) is 30.9 Å². The molecule has 0 saturated heterocycles. The van der Waals surface area contributed by atoms with Crippen LogP contribution in [0.1, 0.15) is 50.4 Å². The first-order valence-electron chi connectivity index (χ1n) is 7.49. The molecule has 0 amide bonds. The highest BCUT2D eigenvalue weighted by Crippen LogP contribution is 2.36. The number of aliphatic hydroxyl groups is 1. The van der Waals surface area contributed by atoms with Crippen molar-refractivity contribution in [2.45, 2.75) is 70.6 Å². The van der Waals surface area contributed by atoms with Gasteiger partial charge < -0.3 is 9.84 Å². The first-order chi connectivity index (χ1) is 9.54. The van der Waals surface area contributed by atoms with Crippen LogP contribution in [0.15, 0.2) is 0 Å². The largest absolute Gasteiger partial charge is 0.390 e. The normalized spacial score (nSPS) is 20.1. The van der Waals surface area contributed by atoms with Gasteiger partial charge in [0.05, 0.1) is 28.1 Å². The van der Waals surface area contributed by atoms with Gasteiger partial charge in [0.1, 0.15) is 0 Å². The number of rotatable bonds is 5. The van der Waals surface area contributed by atoms with E-state index in [0.29, 0.717) is 11.4 Å². The highest BCUT2D eigenvalue weighted by molar-refractivity contribution is 6.31. The molecule has 20 heavy (non-hydrogen) atoms. The maximum Gasteiger partial charge on any atom is 0.0940 e. The Labute approximate surface area is 126 Å². The fourth-order valence-electron chi connectivity index (χ4n) is 3.26. The fourth-order valence-corrected chi connectivity index (χ4v) is 3.47. The van der Waals surface area contributed by atoms with E-state index in [1.165, 1.54) is 6.42 Å². The number of hydrogen-bond acceptors (Lipinski definition) is 3. The molecule has 1 aliphatic carbocycles. The average Bonchev–Trinajstić information content (AvgIpc) is 2.75. The molecule has 1 fully saturated rings. The molecular formula is C15H25ClN2O2. The van der Waals surface area contributed by atoms with Gasteiger partial charge in [-0.15, -0.1) is 0 Å². The second kappa shape index (κ2) is 6.46. The minimum absolute atomic E-state index is 0.418. The van der Waals surface area contributed by atoms with Crippen molar-refractivity contribution < 1.29 is 9.84 Å². The van der Waals surface area contributed by atoms with Crippen LogP contribution in [0, 0.1) is 6.92 Å². The molecule has 1 aromatic heterocycles. The zero-order valence-electron chi connectivity index (χ0n) is 12.7. The lowest BCUT2D eigenvalue weighted by atomic mass is 9.79. The standard InChI is InChI=1S/C15H25ClN2O2/c1-4-18-12(14(16)11(2)17-18)10-13(19)15(20-3)8-6-5-7-9-15/h13,19H,4-10H2,1-3H3. The van der Waals surface area contributed by atoms with Gasteiger partial charge in [-0.3, -0.25) is 4.68 Å². The van der Waals surface area contributed by atoms with E-state index in [9.17, 15) is 5.11 Å². The molecule has 5 heteroatoms. The summed E-state index contributed by atoms with van der Waals surface area (Å²) in [7, 11) is 1.71. The molecule has 0 aromatic carbocycles. The van der Waals surface area contributed by atoms with Crippen LogP contribution in [-0.2, 0) is 17.7 Å². The van der Waals surface area contributed by atoms with E-state index in [1.54, 1.807) is 7.11 Å². The molecule has 1 atom stereocenters. The van der Waals surface area contributed by atoms with Gasteiger partial charge in [-0.05, 0) is 26.7 Å². The molecule has 1 unspecified atom stereocenters. The summed E-state index contributed by atoms with van der Waals surface area (Å²) in [5.74, 6) is 0. The second-order valence-corrected chi connectivity index (χ2v) is 6.09. The average molecular weight is 301 g/mol. The molecule has 114 valence electrons. The lowest BCUT2D eigenvalue weighted by molar-refractivity contribution is -0.122. The van der Waals surface area contributed by atoms with Crippen LogP contribution >= 0.6 is 11.6 Å². The first kappa shape index (κ1) is 15.8. The molecule has 0 bridgehead atoms. The highest BCUT2D eigenvalue weighted by atomic mass is 35.5. The van der Waals surface area contributed by atoms with E-state index in [4.69, 9.17) is 16.3 Å². The minimum atomic E-state index is -0.535. The number of nitrogens with zero attached hydrogens (tertiary/aromatic N) is 2. The smallest absolute Gasteiger partial charge is 0.0940 e. The predicted octanol–water partition coefficient (Wildman–Crippen LogP) is 3.12. The monoisotopic (exact) mass is 300 g/mol. The number of methoxy groups -OCH3 is 1. The van der Waals surface area contributed by atoms with Gasteiger partial charge in [-0.2, -0.15) is 5.10 Å². The van der Waals surface area contributed by atoms with Crippen LogP contribution in [0.4, 0.5) is 0 Å². The van der Waals surface area contributed by atoms with E-state index in [2.05, 4.69) is 5.10 Å². The maximum absolute atomic E-state index is 10.7. The van der Waals surface area contributed by atoms with Gasteiger partial charge in [0, 0.05) is 20.1 Å². The Kier molecular flexibility index (Phi) is 5.10. The Hall–Kier alpha value is -0.580. The van der Waals surface area contributed by atoms with Gasteiger partial charge in [0.25, 0.3) is 0 Å². The van der Waals surface area contributed by atoms with Crippen LogP contribution in [0.2, 0.25) is 5.02 Å². The van der Waals surface area contributed by atoms with Crippen LogP contribution in [0.3, 0.4) is 0 Å². The molecule has 0 spiro atoms. The highest BCUT2D eigenvalue weighted by Gasteiger charge is 2.40. The van der Waals surface area contributed by atoms with Crippen molar-refractivity contribution in [1.82, 2.24) is 9.78 Å². The molecule has 4 nitrogen and oxygen atoms in total. The topological polar surface area (TPSA) is 47.3 Å². The number of aryl methyl sites for hydroxylation is 2. The van der Waals surface area contributed by atoms with Crippen molar-refractivity contribution in [2.24, 2.45) is 0 Å². The van der Waals surface area contributed by atoms with Crippen molar-refractivity contribution in [2.75, 3.05) is 7.11 Å². The molecule has 0 aliphatic heterocycles. The van der Waals surface area contributed by atoms with Gasteiger partial charge >= 0.3 is 0 Å². The molecule has 2 rings (SSSR count). The zero-order valence-corrected chi connectivity index (χ0v) is 13.4. The van der Waals surface area contributed by atoms with Crippen molar-refractivity contribution in [3.05, 3.63) is 16.4 Å². The summed E-state index contributed by atoms with van der Waals surface area (Å²) in [5, 5.41) is 15.8. The summed E-state index contributed by atoms with van der Waals surface area (Å²) in [6.45, 7) is 4.69. The summed E-state index contributed by atoms with van der Waals surface area (Å²) >= 11 is 6.33. The van der Waals surface area contributed by atoms with E-state index in [1.807, 2.05) is 18.5 Å². The SMILES string of the molecule is CCn1nc(C)c(Cl)c1CC(O)C1(OC)CCCCC1. The van der Waals surface area contributed by atoms with Crippen LogP contribution < -0.4 is 0 Å². The third-order valence-corrected chi connectivity index (χ3v) is 5.04. The van der Waals surface area contributed by atoms with E-state index in [0.717, 1.165) is 43.6 Å². The maximum atomic E-state index is 10.7. The lowest BCUT2D eigenvalue weighted by Crippen LogP contribution is -2.47. The lowest BCUT2D eigenvalue weighted by Gasteiger charge is -2.40. The summed E-state index contributed by atoms with van der Waals surface area (Å²) in [6, 6.07) is 0. The van der Waals surface area contributed by atoms with Gasteiger partial charge in [-0.25, -0.2) is 0 Å². The number of ether oxygens (including phenoxy) is 1. The van der Waals surface area contributed by atoms with Crippen molar-refractivity contribution >= 4 is 11.6 Å². The zero-order chi connectivity index (χ0) is 14.8. The predicted molar refractivity (Wildman–Crippen MR) is 80.2 cm³/mol. The van der Waals surface area contributed by atoms with E-state index in [-0.39, 0.29) is 0 Å². The quantitative estimate of drug-likeness (QED) is 0.909. The van der Waals surface area contributed by atoms with Gasteiger partial charge in [0.2, 0.25) is 0 Å². The molecule has 1 N–H and O–H groups in total. The number of aliphatic hydroxyl groups excluding tert-OH is 1. The summed E-state index contributed by atoms with van der Waals surface area (Å²) in [5.41, 5.74) is 1.32. The van der Waals surface area contributed by atoms with Crippen molar-refractivity contribution in [3.63, 3.8) is 0 Å². The van der Waals surface area contributed by atoms with E-state index >= 15 is 0 Å². The van der Waals surface area contributed by atoms with Crippen LogP contribution in [0.5, 0.6) is 0 Å². The minimum Gasteiger partial charge on any atom is -0.390 e. The van der Waals surface area contributed by atoms with Crippen LogP contribution in [-0.4, -0.2) is 33.7 Å². The Morgan fingerprint density at radius 2 is 2.05 bits per heavy atom. The third-order valence-electron chi connectivity index (χ3n) is 4.55. The molecule has 1 heterocycles. The number of halogens is 1. The van der Waals surface area contributed by atoms with Crippen LogP contribution in [0.25, 0.3) is 0 Å². The first-order valence-corrected chi connectivity index (χ1v) is 7.87. The molecule has 1 aromatic rings. The Balaban J connectivity index is 2.20. The van der Waals surface area contributed by atoms with E-state index < -0.39 is 11.7 Å². The van der Waals surface area contributed by atoms with Crippen molar-refractivity contribution in [3.8, 4) is 0 Å². The third kappa shape index (κ3) is 2.87. The van der Waals surface area contributed by atoms with Gasteiger partial charge in [0.15, 0.2) is 0 Å². The van der Waals surface area contributed by atoms with Crippen molar-refractivity contribution in [1.29, 1.82) is 0 Å². The Bertz CT molecular complexity index is 453. The Morgan fingerprint density at radius 1 is 1.40 bits per heavy atom. The fraction of sp³-hybridized carbons (Fsp3) is 0.800. The molecule has 1 aliphatic rings. The second-order valence-electron chi connectivity index (χ2n) is 5.71. The number of hydrogen-bond donors (Lipinski definition) is 1. The summed E-state index contributed by atoms with van der Waals surface area (Å²) in [6.07, 6.45) is 5.26. The molecule has 0 radical (unpaired) electrons. The Morgan fingerprint density at radius 3 is 2.60 bits per heavy atom. The summed E-state index contributed by atoms with van der Waals surface area (Å²) in [4.78, 5) is 0. The number of aromatic nitrogens is 2.